The Morgan fingerprint density at radius 1 is 1.62 bits per heavy atom. The molecule has 0 fully saturated rings. The Bertz CT molecular complexity index is 400. The summed E-state index contributed by atoms with van der Waals surface area (Å²) in [6, 6.07) is 0. The van der Waals surface area contributed by atoms with Crippen molar-refractivity contribution in [3.63, 3.8) is 0 Å². The summed E-state index contributed by atoms with van der Waals surface area (Å²) in [4.78, 5) is 22.4. The van der Waals surface area contributed by atoms with Gasteiger partial charge in [0.2, 0.25) is 0 Å². The maximum Gasteiger partial charge on any atom is 0.333 e. The molecule has 1 rings (SSSR count). The minimum atomic E-state index is -0.412. The first kappa shape index (κ1) is 12.3. The van der Waals surface area contributed by atoms with Crippen molar-refractivity contribution >= 4 is 23.6 Å². The lowest BCUT2D eigenvalue weighted by atomic mass is 10.3. The van der Waals surface area contributed by atoms with E-state index in [4.69, 9.17) is 0 Å². The average Bonchev–Trinajstić information content (AvgIpc) is 2.81. The van der Waals surface area contributed by atoms with Crippen LogP contribution in [0.15, 0.2) is 17.8 Å². The number of rotatable bonds is 4. The summed E-state index contributed by atoms with van der Waals surface area (Å²) in [7, 11) is 1.30. The van der Waals surface area contributed by atoms with Gasteiger partial charge < -0.3 is 10.1 Å². The van der Waals surface area contributed by atoms with E-state index < -0.39 is 5.97 Å². The third kappa shape index (κ3) is 3.43. The molecule has 0 saturated heterocycles. The van der Waals surface area contributed by atoms with E-state index in [-0.39, 0.29) is 18.1 Å². The van der Waals surface area contributed by atoms with Crippen molar-refractivity contribution in [1.29, 1.82) is 0 Å². The lowest BCUT2D eigenvalue weighted by Gasteiger charge is -2.00. The molecule has 0 aliphatic heterocycles. The number of nitrogens with one attached hydrogen (secondary N) is 1. The lowest BCUT2D eigenvalue weighted by molar-refractivity contribution is -0.136. The van der Waals surface area contributed by atoms with Gasteiger partial charge in [0.1, 0.15) is 0 Å². The predicted octanol–water partition coefficient (Wildman–Crippen LogP) is 0.387. The number of aromatic nitrogens is 2. The van der Waals surface area contributed by atoms with Crippen molar-refractivity contribution in [3.8, 4) is 0 Å². The van der Waals surface area contributed by atoms with Crippen LogP contribution in [0.25, 0.3) is 0 Å². The minimum absolute atomic E-state index is 0.247. The second-order valence-corrected chi connectivity index (χ2v) is 3.44. The van der Waals surface area contributed by atoms with E-state index in [0.29, 0.717) is 5.57 Å². The third-order valence-electron chi connectivity index (χ3n) is 1.77. The number of nitrogens with zero attached hydrogens (tertiary/aromatic N) is 2. The zero-order valence-electron chi connectivity index (χ0n) is 8.89. The van der Waals surface area contributed by atoms with E-state index in [0.717, 1.165) is 11.7 Å². The van der Waals surface area contributed by atoms with Gasteiger partial charge in [0.25, 0.3) is 5.91 Å². The van der Waals surface area contributed by atoms with Crippen LogP contribution < -0.4 is 5.32 Å². The molecule has 0 atom stereocenters. The Hall–Kier alpha value is -1.76. The Morgan fingerprint density at radius 2 is 2.38 bits per heavy atom. The summed E-state index contributed by atoms with van der Waals surface area (Å²) in [5, 5.41) is 2.58. The largest absolute Gasteiger partial charge is 0.466 e. The number of hydrogen-bond donors (Lipinski definition) is 1. The van der Waals surface area contributed by atoms with E-state index in [1.807, 2.05) is 0 Å². The first-order chi connectivity index (χ1) is 7.65. The summed E-state index contributed by atoms with van der Waals surface area (Å²) in [6.45, 7) is 1.86. The smallest absolute Gasteiger partial charge is 0.333 e. The van der Waals surface area contributed by atoms with Crippen molar-refractivity contribution < 1.29 is 14.3 Å². The van der Waals surface area contributed by atoms with Crippen molar-refractivity contribution in [1.82, 2.24) is 14.1 Å². The number of methoxy groups -OCH3 is 1. The molecular formula is C9H11N3O3S. The molecule has 1 aromatic heterocycles. The second-order valence-electron chi connectivity index (χ2n) is 2.88. The van der Waals surface area contributed by atoms with Gasteiger partial charge in [0, 0.05) is 12.1 Å². The Labute approximate surface area is 96.6 Å². The molecule has 1 amide bonds. The van der Waals surface area contributed by atoms with E-state index >= 15 is 0 Å². The molecule has 86 valence electrons. The van der Waals surface area contributed by atoms with Gasteiger partial charge in [-0.1, -0.05) is 6.08 Å². The highest BCUT2D eigenvalue weighted by Gasteiger charge is 2.07. The third-order valence-corrected chi connectivity index (χ3v) is 2.25. The maximum atomic E-state index is 11.4. The van der Waals surface area contributed by atoms with Gasteiger partial charge in [-0.2, -0.15) is 8.75 Å². The van der Waals surface area contributed by atoms with Gasteiger partial charge in [-0.15, -0.1) is 0 Å². The van der Waals surface area contributed by atoms with Crippen LogP contribution in [0.5, 0.6) is 0 Å². The molecule has 0 saturated carbocycles. The topological polar surface area (TPSA) is 81.2 Å². The van der Waals surface area contributed by atoms with Gasteiger partial charge >= 0.3 is 5.97 Å². The van der Waals surface area contributed by atoms with Gasteiger partial charge in [-0.25, -0.2) is 4.79 Å². The zero-order valence-corrected chi connectivity index (χ0v) is 9.71. The van der Waals surface area contributed by atoms with Crippen molar-refractivity contribution in [3.05, 3.63) is 23.5 Å². The number of hydrogen-bond acceptors (Lipinski definition) is 6. The van der Waals surface area contributed by atoms with E-state index in [1.54, 1.807) is 13.0 Å². The number of carbonyl (C=O) groups excluding carboxylic acids is 2. The van der Waals surface area contributed by atoms with Crippen molar-refractivity contribution in [2.24, 2.45) is 0 Å². The first-order valence-corrected chi connectivity index (χ1v) is 5.19. The highest BCUT2D eigenvalue weighted by atomic mass is 32.1. The molecule has 0 bridgehead atoms. The fourth-order valence-electron chi connectivity index (χ4n) is 0.896. The Kier molecular flexibility index (Phi) is 4.59. The van der Waals surface area contributed by atoms with Gasteiger partial charge in [-0.3, -0.25) is 4.79 Å². The normalized spacial score (nSPS) is 11.0. The monoisotopic (exact) mass is 241 g/mol. The number of esters is 1. The van der Waals surface area contributed by atoms with Gasteiger partial charge in [0.05, 0.1) is 25.0 Å². The second kappa shape index (κ2) is 5.96. The quantitative estimate of drug-likeness (QED) is 0.609. The summed E-state index contributed by atoms with van der Waals surface area (Å²) >= 11 is 0.966. The van der Waals surface area contributed by atoms with E-state index in [2.05, 4.69) is 18.8 Å². The Morgan fingerprint density at radius 3 is 2.94 bits per heavy atom. The van der Waals surface area contributed by atoms with Crippen LogP contribution in [0.3, 0.4) is 0 Å². The van der Waals surface area contributed by atoms with Gasteiger partial charge in [-0.05, 0) is 6.92 Å². The zero-order chi connectivity index (χ0) is 12.0. The molecule has 0 aliphatic carbocycles. The average molecular weight is 241 g/mol. The first-order valence-electron chi connectivity index (χ1n) is 4.46. The Balaban J connectivity index is 2.41. The fourth-order valence-corrected chi connectivity index (χ4v) is 1.31. The summed E-state index contributed by atoms with van der Waals surface area (Å²) in [6.07, 6.45) is 2.96. The standard InChI is InChI=1S/C9H11N3O3S/c1-6(9(14)15-2)3-4-10-8(13)7-5-11-16-12-7/h3,5H,4H2,1-2H3,(H,10,13). The highest BCUT2D eigenvalue weighted by Crippen LogP contribution is 1.96. The summed E-state index contributed by atoms with van der Waals surface area (Å²) < 4.78 is 12.0. The van der Waals surface area contributed by atoms with E-state index in [9.17, 15) is 9.59 Å². The van der Waals surface area contributed by atoms with Crippen LogP contribution in [0.2, 0.25) is 0 Å². The lowest BCUT2D eigenvalue weighted by Crippen LogP contribution is -2.24. The summed E-state index contributed by atoms with van der Waals surface area (Å²) in [5.41, 5.74) is 0.716. The van der Waals surface area contributed by atoms with Crippen LogP contribution in [0.4, 0.5) is 0 Å². The maximum absolute atomic E-state index is 11.4. The van der Waals surface area contributed by atoms with Crippen LogP contribution in [0, 0.1) is 0 Å². The molecule has 0 spiro atoms. The SMILES string of the molecule is COC(=O)C(C)=CCNC(=O)c1cnsn1. The molecule has 7 heteroatoms. The molecule has 0 aromatic carbocycles. The molecule has 0 aliphatic rings. The van der Waals surface area contributed by atoms with Crippen LogP contribution in [-0.4, -0.2) is 34.3 Å². The molecular weight excluding hydrogens is 230 g/mol. The van der Waals surface area contributed by atoms with Crippen LogP contribution >= 0.6 is 11.7 Å². The molecule has 0 radical (unpaired) electrons. The van der Waals surface area contributed by atoms with Crippen molar-refractivity contribution in [2.45, 2.75) is 6.92 Å². The minimum Gasteiger partial charge on any atom is -0.466 e. The van der Waals surface area contributed by atoms with E-state index in [1.165, 1.54) is 13.3 Å². The van der Waals surface area contributed by atoms with Crippen LogP contribution in [0.1, 0.15) is 17.4 Å². The number of carbonyl (C=O) groups is 2. The van der Waals surface area contributed by atoms with Gasteiger partial charge in [0.15, 0.2) is 5.69 Å². The molecule has 6 nitrogen and oxygen atoms in total. The molecule has 1 aromatic rings. The fraction of sp³-hybridized carbons (Fsp3) is 0.333. The molecule has 0 unspecified atom stereocenters. The summed E-state index contributed by atoms with van der Waals surface area (Å²) in [5.74, 6) is -0.729. The van der Waals surface area contributed by atoms with Crippen LogP contribution in [-0.2, 0) is 9.53 Å². The molecule has 16 heavy (non-hydrogen) atoms. The highest BCUT2D eigenvalue weighted by molar-refractivity contribution is 6.99. The predicted molar refractivity (Wildman–Crippen MR) is 58.0 cm³/mol. The molecule has 1 heterocycles. The van der Waals surface area contributed by atoms with Crippen molar-refractivity contribution in [2.75, 3.05) is 13.7 Å². The molecule has 1 N–H and O–H groups in total. The number of ether oxygens (including phenoxy) is 1. The number of amides is 1.